The third kappa shape index (κ3) is 3.58. The number of halogens is 1. The van der Waals surface area contributed by atoms with Crippen molar-refractivity contribution in [3.63, 3.8) is 0 Å². The second-order valence-corrected chi connectivity index (χ2v) is 7.38. The van der Waals surface area contributed by atoms with Crippen molar-refractivity contribution < 1.29 is 13.9 Å². The molecule has 9 heteroatoms. The van der Waals surface area contributed by atoms with E-state index in [2.05, 4.69) is 4.98 Å². The van der Waals surface area contributed by atoms with E-state index in [0.717, 1.165) is 16.7 Å². The number of likely N-dealkylation sites (tertiary alicyclic amines) is 1. The number of amides is 1. The summed E-state index contributed by atoms with van der Waals surface area (Å²) in [6.45, 7) is 0.905. The van der Waals surface area contributed by atoms with Gasteiger partial charge in [-0.05, 0) is 42.8 Å². The number of aryl methyl sites for hydroxylation is 1. The first-order valence-corrected chi connectivity index (χ1v) is 9.58. The lowest BCUT2D eigenvalue weighted by Gasteiger charge is -2.17. The van der Waals surface area contributed by atoms with Gasteiger partial charge in [0, 0.05) is 38.8 Å². The van der Waals surface area contributed by atoms with E-state index in [1.165, 1.54) is 35.9 Å². The minimum atomic E-state index is -0.432. The largest absolute Gasteiger partial charge is 0.484 e. The van der Waals surface area contributed by atoms with Crippen LogP contribution in [0.2, 0.25) is 0 Å². The molecule has 4 rings (SSSR count). The van der Waals surface area contributed by atoms with Crippen LogP contribution in [0.3, 0.4) is 0 Å². The predicted octanol–water partition coefficient (Wildman–Crippen LogP) is 1.17. The van der Waals surface area contributed by atoms with Crippen LogP contribution in [0.25, 0.3) is 11.0 Å². The summed E-state index contributed by atoms with van der Waals surface area (Å²) in [6.07, 6.45) is 0.722. The fourth-order valence-electron chi connectivity index (χ4n) is 3.69. The molecule has 1 unspecified atom stereocenters. The highest BCUT2D eigenvalue weighted by Gasteiger charge is 2.29. The number of fused-ring (bicyclic) bond motifs is 1. The molecule has 1 aliphatic heterocycles. The first kappa shape index (κ1) is 19.8. The van der Waals surface area contributed by atoms with Crippen LogP contribution in [-0.4, -0.2) is 44.6 Å². The average molecular weight is 412 g/mol. The molecular weight excluding hydrogens is 391 g/mol. The second kappa shape index (κ2) is 7.74. The van der Waals surface area contributed by atoms with Crippen molar-refractivity contribution in [3.05, 3.63) is 68.7 Å². The SMILES string of the molecule is Cn1c(=O)c2ccc(C3CCN(C(=O)COc4ccc(F)cc4)C3)nc2n(C)c1=O. The highest BCUT2D eigenvalue weighted by atomic mass is 19.1. The highest BCUT2D eigenvalue weighted by molar-refractivity contribution is 5.78. The van der Waals surface area contributed by atoms with Gasteiger partial charge in [0.2, 0.25) is 0 Å². The molecule has 0 radical (unpaired) electrons. The van der Waals surface area contributed by atoms with Gasteiger partial charge >= 0.3 is 5.69 Å². The fraction of sp³-hybridized carbons (Fsp3) is 0.333. The van der Waals surface area contributed by atoms with Crippen LogP contribution in [0.5, 0.6) is 5.75 Å². The minimum Gasteiger partial charge on any atom is -0.484 e. The number of carbonyl (C=O) groups is 1. The van der Waals surface area contributed by atoms with Crippen LogP contribution >= 0.6 is 0 Å². The molecule has 1 aromatic carbocycles. The minimum absolute atomic E-state index is 0.00308. The Morgan fingerprint density at radius 1 is 1.13 bits per heavy atom. The first-order valence-electron chi connectivity index (χ1n) is 9.58. The van der Waals surface area contributed by atoms with Gasteiger partial charge in [0.05, 0.1) is 5.39 Å². The molecule has 1 atom stereocenters. The van der Waals surface area contributed by atoms with Gasteiger partial charge in [0.1, 0.15) is 17.2 Å². The first-order chi connectivity index (χ1) is 14.3. The maximum absolute atomic E-state index is 12.9. The Labute approximate surface area is 171 Å². The van der Waals surface area contributed by atoms with E-state index in [1.807, 2.05) is 0 Å². The average Bonchev–Trinajstić information content (AvgIpc) is 3.25. The molecule has 30 heavy (non-hydrogen) atoms. The zero-order valence-electron chi connectivity index (χ0n) is 16.7. The number of rotatable bonds is 4. The normalized spacial score (nSPS) is 16.2. The van der Waals surface area contributed by atoms with E-state index in [1.54, 1.807) is 24.1 Å². The Morgan fingerprint density at radius 3 is 2.60 bits per heavy atom. The molecule has 1 aliphatic rings. The lowest BCUT2D eigenvalue weighted by Crippen LogP contribution is -2.37. The molecule has 0 N–H and O–H groups in total. The van der Waals surface area contributed by atoms with Crippen LogP contribution in [0.15, 0.2) is 46.0 Å². The topological polar surface area (TPSA) is 86.4 Å². The number of benzene rings is 1. The summed E-state index contributed by atoms with van der Waals surface area (Å²) in [7, 11) is 3.02. The van der Waals surface area contributed by atoms with Crippen LogP contribution in [0.1, 0.15) is 18.0 Å². The van der Waals surface area contributed by atoms with Crippen molar-refractivity contribution in [3.8, 4) is 5.75 Å². The summed E-state index contributed by atoms with van der Waals surface area (Å²) in [6, 6.07) is 8.96. The summed E-state index contributed by atoms with van der Waals surface area (Å²) >= 11 is 0. The quantitative estimate of drug-likeness (QED) is 0.642. The molecular formula is C21H21FN4O4. The smallest absolute Gasteiger partial charge is 0.332 e. The number of hydrogen-bond donors (Lipinski definition) is 0. The van der Waals surface area contributed by atoms with E-state index >= 15 is 0 Å². The van der Waals surface area contributed by atoms with E-state index < -0.39 is 5.69 Å². The van der Waals surface area contributed by atoms with Gasteiger partial charge in [0.15, 0.2) is 6.61 Å². The van der Waals surface area contributed by atoms with Gasteiger partial charge in [-0.3, -0.25) is 18.7 Å². The molecule has 3 heterocycles. The summed E-state index contributed by atoms with van der Waals surface area (Å²) in [5.41, 5.74) is 0.261. The fourth-order valence-corrected chi connectivity index (χ4v) is 3.69. The summed E-state index contributed by atoms with van der Waals surface area (Å²) < 4.78 is 20.8. The molecule has 3 aromatic rings. The number of ether oxygens (including phenoxy) is 1. The summed E-state index contributed by atoms with van der Waals surface area (Å²) in [5, 5.41) is 0.377. The van der Waals surface area contributed by atoms with Crippen molar-refractivity contribution in [2.24, 2.45) is 14.1 Å². The van der Waals surface area contributed by atoms with Crippen LogP contribution in [-0.2, 0) is 18.9 Å². The number of pyridine rings is 1. The molecule has 156 valence electrons. The maximum atomic E-state index is 12.9. The molecule has 1 fully saturated rings. The van der Waals surface area contributed by atoms with Gasteiger partial charge in [-0.25, -0.2) is 14.2 Å². The van der Waals surface area contributed by atoms with E-state index in [9.17, 15) is 18.8 Å². The van der Waals surface area contributed by atoms with Crippen molar-refractivity contribution in [2.45, 2.75) is 12.3 Å². The van der Waals surface area contributed by atoms with Crippen molar-refractivity contribution in [1.29, 1.82) is 0 Å². The zero-order valence-corrected chi connectivity index (χ0v) is 16.7. The van der Waals surface area contributed by atoms with Crippen LogP contribution in [0.4, 0.5) is 4.39 Å². The molecule has 1 saturated heterocycles. The van der Waals surface area contributed by atoms with Gasteiger partial charge in [-0.1, -0.05) is 0 Å². The van der Waals surface area contributed by atoms with Gasteiger partial charge in [-0.2, -0.15) is 0 Å². The number of nitrogens with zero attached hydrogens (tertiary/aromatic N) is 4. The van der Waals surface area contributed by atoms with Gasteiger partial charge in [-0.15, -0.1) is 0 Å². The molecule has 0 bridgehead atoms. The second-order valence-electron chi connectivity index (χ2n) is 7.38. The van der Waals surface area contributed by atoms with Crippen molar-refractivity contribution in [2.75, 3.05) is 19.7 Å². The maximum Gasteiger partial charge on any atom is 0.332 e. The van der Waals surface area contributed by atoms with E-state index in [0.29, 0.717) is 29.9 Å². The Bertz CT molecular complexity index is 1230. The number of aromatic nitrogens is 3. The van der Waals surface area contributed by atoms with Gasteiger partial charge in [0.25, 0.3) is 11.5 Å². The van der Waals surface area contributed by atoms with Crippen LogP contribution < -0.4 is 16.0 Å². The molecule has 0 spiro atoms. The van der Waals surface area contributed by atoms with Crippen molar-refractivity contribution in [1.82, 2.24) is 19.0 Å². The number of hydrogen-bond acceptors (Lipinski definition) is 5. The molecule has 1 amide bonds. The predicted molar refractivity (Wildman–Crippen MR) is 108 cm³/mol. The zero-order chi connectivity index (χ0) is 21.4. The molecule has 0 aliphatic carbocycles. The Morgan fingerprint density at radius 2 is 1.87 bits per heavy atom. The molecule has 2 aromatic heterocycles. The van der Waals surface area contributed by atoms with Crippen LogP contribution in [0, 0.1) is 5.82 Å². The highest BCUT2D eigenvalue weighted by Crippen LogP contribution is 2.27. The number of carbonyl (C=O) groups excluding carboxylic acids is 1. The lowest BCUT2D eigenvalue weighted by molar-refractivity contribution is -0.132. The lowest BCUT2D eigenvalue weighted by atomic mass is 10.0. The monoisotopic (exact) mass is 412 g/mol. The standard InChI is InChI=1S/C21H21FN4O4/c1-24-19-16(20(28)25(2)21(24)29)7-8-17(23-19)13-9-10-26(11-13)18(27)12-30-15-5-3-14(22)4-6-15/h3-8,13H,9-12H2,1-2H3. The molecule has 8 nitrogen and oxygen atoms in total. The third-order valence-electron chi connectivity index (χ3n) is 5.46. The van der Waals surface area contributed by atoms with E-state index in [4.69, 9.17) is 4.74 Å². The summed E-state index contributed by atoms with van der Waals surface area (Å²) in [5.74, 6) is -0.0966. The third-order valence-corrected chi connectivity index (χ3v) is 5.46. The van der Waals surface area contributed by atoms with E-state index in [-0.39, 0.29) is 29.8 Å². The van der Waals surface area contributed by atoms with Crippen molar-refractivity contribution >= 4 is 16.9 Å². The summed E-state index contributed by atoms with van der Waals surface area (Å²) in [4.78, 5) is 43.2. The van der Waals surface area contributed by atoms with Gasteiger partial charge < -0.3 is 9.64 Å². The molecule has 0 saturated carbocycles. The Kier molecular flexibility index (Phi) is 5.11. The Hall–Kier alpha value is -3.49. The Balaban J connectivity index is 1.48.